The van der Waals surface area contributed by atoms with Crippen molar-refractivity contribution in [2.45, 2.75) is 51.4 Å². The fourth-order valence-electron chi connectivity index (χ4n) is 3.86. The van der Waals surface area contributed by atoms with Gasteiger partial charge in [-0.05, 0) is 63.2 Å². The number of hydrogen-bond acceptors (Lipinski definition) is 5. The van der Waals surface area contributed by atoms with Crippen LogP contribution in [0.25, 0.3) is 0 Å². The van der Waals surface area contributed by atoms with Crippen LogP contribution in [0, 0.1) is 23.7 Å². The van der Waals surface area contributed by atoms with Crippen molar-refractivity contribution in [2.75, 3.05) is 27.4 Å². The molecule has 2 saturated carbocycles. The molecule has 0 radical (unpaired) electrons. The maximum absolute atomic E-state index is 11.5. The molecule has 0 bridgehead atoms. The lowest BCUT2D eigenvalue weighted by Gasteiger charge is -2.29. The third-order valence-corrected chi connectivity index (χ3v) is 5.47. The number of carbonyl (C=O) groups is 2. The number of ether oxygens (including phenoxy) is 3. The number of esters is 2. The van der Waals surface area contributed by atoms with Crippen LogP contribution in [0.3, 0.4) is 0 Å². The summed E-state index contributed by atoms with van der Waals surface area (Å²) in [5, 5.41) is 0. The van der Waals surface area contributed by atoms with Gasteiger partial charge in [0, 0.05) is 13.2 Å². The maximum atomic E-state index is 11.5. The molecule has 2 rings (SSSR count). The van der Waals surface area contributed by atoms with E-state index in [-0.39, 0.29) is 23.8 Å². The Morgan fingerprint density at radius 1 is 0.696 bits per heavy atom. The molecule has 0 aromatic heterocycles. The van der Waals surface area contributed by atoms with Crippen LogP contribution in [0.2, 0.25) is 0 Å². The Bertz CT molecular complexity index is 343. The van der Waals surface area contributed by atoms with E-state index >= 15 is 0 Å². The first-order valence-corrected chi connectivity index (χ1v) is 8.87. The highest BCUT2D eigenvalue weighted by molar-refractivity contribution is 5.72. The molecule has 5 nitrogen and oxygen atoms in total. The molecule has 0 aromatic carbocycles. The molecule has 5 heteroatoms. The largest absolute Gasteiger partial charge is 0.469 e. The third kappa shape index (κ3) is 5.48. The Morgan fingerprint density at radius 3 is 1.35 bits per heavy atom. The van der Waals surface area contributed by atoms with Gasteiger partial charge in [-0.1, -0.05) is 0 Å². The second-order valence-electron chi connectivity index (χ2n) is 7.02. The standard InChI is InChI=1S/C18H30O5/c1-21-17(19)15-7-3-13(4-8-15)11-23-12-14-5-9-16(10-6-14)18(20)22-2/h13-16H,3-12H2,1-2H3. The van der Waals surface area contributed by atoms with E-state index in [0.29, 0.717) is 11.8 Å². The van der Waals surface area contributed by atoms with Crippen LogP contribution in [-0.4, -0.2) is 39.4 Å². The number of hydrogen-bond donors (Lipinski definition) is 0. The molecule has 23 heavy (non-hydrogen) atoms. The van der Waals surface area contributed by atoms with Crippen molar-refractivity contribution < 1.29 is 23.8 Å². The SMILES string of the molecule is COC(=O)C1CCC(COCC2CCC(C(=O)OC)CC2)CC1. The zero-order valence-electron chi connectivity index (χ0n) is 14.4. The van der Waals surface area contributed by atoms with Gasteiger partial charge in [-0.15, -0.1) is 0 Å². The van der Waals surface area contributed by atoms with Gasteiger partial charge in [-0.3, -0.25) is 9.59 Å². The van der Waals surface area contributed by atoms with Crippen LogP contribution < -0.4 is 0 Å². The molecule has 0 saturated heterocycles. The molecule has 0 amide bonds. The van der Waals surface area contributed by atoms with E-state index in [1.54, 1.807) is 0 Å². The predicted molar refractivity (Wildman–Crippen MR) is 85.7 cm³/mol. The molecule has 2 fully saturated rings. The minimum atomic E-state index is -0.0632. The van der Waals surface area contributed by atoms with Gasteiger partial charge in [0.05, 0.1) is 26.1 Å². The lowest BCUT2D eigenvalue weighted by Crippen LogP contribution is -2.27. The molecule has 0 N–H and O–H groups in total. The Hall–Kier alpha value is -1.10. The fourth-order valence-corrected chi connectivity index (χ4v) is 3.86. The Kier molecular flexibility index (Phi) is 7.34. The van der Waals surface area contributed by atoms with E-state index in [1.165, 1.54) is 14.2 Å². The van der Waals surface area contributed by atoms with Gasteiger partial charge in [-0.25, -0.2) is 0 Å². The van der Waals surface area contributed by atoms with Crippen LogP contribution in [0.4, 0.5) is 0 Å². The van der Waals surface area contributed by atoms with Crippen molar-refractivity contribution in [1.82, 2.24) is 0 Å². The number of carbonyl (C=O) groups excluding carboxylic acids is 2. The smallest absolute Gasteiger partial charge is 0.308 e. The van der Waals surface area contributed by atoms with Crippen LogP contribution in [0.15, 0.2) is 0 Å². The molecule has 0 aromatic rings. The van der Waals surface area contributed by atoms with Crippen molar-refractivity contribution in [3.05, 3.63) is 0 Å². The molecule has 0 aliphatic heterocycles. The summed E-state index contributed by atoms with van der Waals surface area (Å²) in [5.41, 5.74) is 0. The quantitative estimate of drug-likeness (QED) is 0.702. The van der Waals surface area contributed by atoms with Crippen molar-refractivity contribution in [1.29, 1.82) is 0 Å². The van der Waals surface area contributed by atoms with E-state index in [4.69, 9.17) is 14.2 Å². The first kappa shape index (κ1) is 18.2. The summed E-state index contributed by atoms with van der Waals surface area (Å²) in [6, 6.07) is 0. The van der Waals surface area contributed by atoms with Gasteiger partial charge < -0.3 is 14.2 Å². The van der Waals surface area contributed by atoms with E-state index < -0.39 is 0 Å². The number of rotatable bonds is 6. The predicted octanol–water partition coefficient (Wildman–Crippen LogP) is 2.96. The minimum Gasteiger partial charge on any atom is -0.469 e. The van der Waals surface area contributed by atoms with Crippen molar-refractivity contribution in [2.24, 2.45) is 23.7 Å². The molecule has 0 unspecified atom stereocenters. The summed E-state index contributed by atoms with van der Waals surface area (Å²) in [4.78, 5) is 23.0. The minimum absolute atomic E-state index is 0.0632. The van der Waals surface area contributed by atoms with Crippen molar-refractivity contribution in [3.63, 3.8) is 0 Å². The summed E-state index contributed by atoms with van der Waals surface area (Å²) in [5.74, 6) is 1.19. The highest BCUT2D eigenvalue weighted by Crippen LogP contribution is 2.32. The average Bonchev–Trinajstić information content (AvgIpc) is 2.61. The van der Waals surface area contributed by atoms with Gasteiger partial charge in [0.2, 0.25) is 0 Å². The highest BCUT2D eigenvalue weighted by atomic mass is 16.5. The summed E-state index contributed by atoms with van der Waals surface area (Å²) >= 11 is 0. The monoisotopic (exact) mass is 326 g/mol. The third-order valence-electron chi connectivity index (χ3n) is 5.47. The summed E-state index contributed by atoms with van der Waals surface area (Å²) < 4.78 is 15.6. The second kappa shape index (κ2) is 9.26. The molecule has 0 heterocycles. The lowest BCUT2D eigenvalue weighted by atomic mass is 9.82. The molecule has 0 atom stereocenters. The Labute approximate surface area is 139 Å². The highest BCUT2D eigenvalue weighted by Gasteiger charge is 2.29. The van der Waals surface area contributed by atoms with E-state index in [0.717, 1.165) is 64.6 Å². The first-order valence-electron chi connectivity index (χ1n) is 8.87. The van der Waals surface area contributed by atoms with Crippen molar-refractivity contribution in [3.8, 4) is 0 Å². The molecular formula is C18H30O5. The van der Waals surface area contributed by atoms with E-state index in [9.17, 15) is 9.59 Å². The van der Waals surface area contributed by atoms with Crippen LogP contribution in [0.5, 0.6) is 0 Å². The maximum Gasteiger partial charge on any atom is 0.308 e. The Balaban J connectivity index is 1.57. The average molecular weight is 326 g/mol. The first-order chi connectivity index (χ1) is 11.1. The normalized spacial score (nSPS) is 31.4. The summed E-state index contributed by atoms with van der Waals surface area (Å²) in [6.07, 6.45) is 7.89. The van der Waals surface area contributed by atoms with Gasteiger partial charge in [-0.2, -0.15) is 0 Å². The molecule has 2 aliphatic rings. The second-order valence-corrected chi connectivity index (χ2v) is 7.02. The van der Waals surface area contributed by atoms with Gasteiger partial charge >= 0.3 is 11.9 Å². The van der Waals surface area contributed by atoms with Gasteiger partial charge in [0.1, 0.15) is 0 Å². The van der Waals surface area contributed by atoms with E-state index in [2.05, 4.69) is 0 Å². The lowest BCUT2D eigenvalue weighted by molar-refractivity contribution is -0.147. The number of methoxy groups -OCH3 is 2. The topological polar surface area (TPSA) is 61.8 Å². The molecule has 0 spiro atoms. The molecule has 132 valence electrons. The van der Waals surface area contributed by atoms with Gasteiger partial charge in [0.15, 0.2) is 0 Å². The molecule has 2 aliphatic carbocycles. The summed E-state index contributed by atoms with van der Waals surface area (Å²) in [6.45, 7) is 1.59. The van der Waals surface area contributed by atoms with Crippen LogP contribution >= 0.6 is 0 Å². The van der Waals surface area contributed by atoms with Gasteiger partial charge in [0.25, 0.3) is 0 Å². The van der Waals surface area contributed by atoms with E-state index in [1.807, 2.05) is 0 Å². The fraction of sp³-hybridized carbons (Fsp3) is 0.889. The zero-order chi connectivity index (χ0) is 16.7. The van der Waals surface area contributed by atoms with Crippen molar-refractivity contribution >= 4 is 11.9 Å². The van der Waals surface area contributed by atoms with Crippen LogP contribution in [0.1, 0.15) is 51.4 Å². The summed E-state index contributed by atoms with van der Waals surface area (Å²) in [7, 11) is 2.93. The van der Waals surface area contributed by atoms with Crippen LogP contribution in [-0.2, 0) is 23.8 Å². The Morgan fingerprint density at radius 2 is 1.04 bits per heavy atom. The zero-order valence-corrected chi connectivity index (χ0v) is 14.4. The molecular weight excluding hydrogens is 296 g/mol.